The number of benzene rings is 2. The van der Waals surface area contributed by atoms with Crippen molar-refractivity contribution in [2.45, 2.75) is 71.1 Å². The summed E-state index contributed by atoms with van der Waals surface area (Å²) in [7, 11) is 0. The number of rotatable bonds is 4. The quantitative estimate of drug-likeness (QED) is 0.531. The van der Waals surface area contributed by atoms with Crippen LogP contribution in [0.5, 0.6) is 0 Å². The molecule has 8 heteroatoms. The van der Waals surface area contributed by atoms with Gasteiger partial charge in [-0.1, -0.05) is 51.1 Å². The first kappa shape index (κ1) is 23.9. The van der Waals surface area contributed by atoms with Gasteiger partial charge >= 0.3 is 0 Å². The number of nitro groups is 1. The van der Waals surface area contributed by atoms with Crippen LogP contribution in [-0.4, -0.2) is 33.7 Å². The highest BCUT2D eigenvalue weighted by Crippen LogP contribution is 2.32. The fourth-order valence-corrected chi connectivity index (χ4v) is 4.87. The SMILES string of the molecule is CC(C)(C)C(N)C(=O)N1Cc2cc([N+](=O)[O-])ccc2CC1C(=O)NC1CCCc2ccccc21. The zero-order chi connectivity index (χ0) is 24.6. The molecule has 2 aromatic rings. The highest BCUT2D eigenvalue weighted by Gasteiger charge is 2.40. The largest absolute Gasteiger partial charge is 0.347 e. The second-order valence-electron chi connectivity index (χ2n) is 10.4. The summed E-state index contributed by atoms with van der Waals surface area (Å²) in [6.07, 6.45) is 3.10. The highest BCUT2D eigenvalue weighted by atomic mass is 16.6. The summed E-state index contributed by atoms with van der Waals surface area (Å²) in [6.45, 7) is 5.75. The molecule has 0 saturated carbocycles. The maximum atomic E-state index is 13.6. The minimum absolute atomic E-state index is 0.0343. The standard InChI is InChI=1S/C26H32N4O4/c1-26(2,3)23(27)25(32)29-15-18-13-19(30(33)34)12-11-17(18)14-22(29)24(31)28-21-10-6-8-16-7-4-5-9-20(16)21/h4-5,7,9,11-13,21-23H,6,8,10,14-15,27H2,1-3H3,(H,28,31). The predicted molar refractivity (Wildman–Crippen MR) is 129 cm³/mol. The van der Waals surface area contributed by atoms with Crippen molar-refractivity contribution in [2.24, 2.45) is 11.1 Å². The zero-order valence-electron chi connectivity index (χ0n) is 19.9. The van der Waals surface area contributed by atoms with Crippen molar-refractivity contribution in [1.82, 2.24) is 10.2 Å². The van der Waals surface area contributed by atoms with Gasteiger partial charge in [-0.3, -0.25) is 19.7 Å². The van der Waals surface area contributed by atoms with E-state index >= 15 is 0 Å². The molecular weight excluding hydrogens is 432 g/mol. The molecule has 4 rings (SSSR count). The first-order valence-corrected chi connectivity index (χ1v) is 11.8. The van der Waals surface area contributed by atoms with E-state index in [-0.39, 0.29) is 36.5 Å². The summed E-state index contributed by atoms with van der Waals surface area (Å²) < 4.78 is 0. The van der Waals surface area contributed by atoms with Crippen LogP contribution in [0.25, 0.3) is 0 Å². The van der Waals surface area contributed by atoms with Crippen LogP contribution in [0.1, 0.15) is 61.9 Å². The smallest absolute Gasteiger partial charge is 0.269 e. The van der Waals surface area contributed by atoms with E-state index in [1.807, 2.05) is 39.0 Å². The molecule has 0 radical (unpaired) electrons. The molecule has 0 spiro atoms. The van der Waals surface area contributed by atoms with E-state index < -0.39 is 22.4 Å². The molecule has 1 aliphatic carbocycles. The Hall–Kier alpha value is -3.26. The molecule has 3 atom stereocenters. The average molecular weight is 465 g/mol. The van der Waals surface area contributed by atoms with Crippen LogP contribution >= 0.6 is 0 Å². The number of hydrogen-bond donors (Lipinski definition) is 2. The zero-order valence-corrected chi connectivity index (χ0v) is 19.9. The van der Waals surface area contributed by atoms with Crippen LogP contribution in [0.3, 0.4) is 0 Å². The third-order valence-corrected chi connectivity index (χ3v) is 7.00. The predicted octanol–water partition coefficient (Wildman–Crippen LogP) is 3.42. The molecule has 0 fully saturated rings. The van der Waals surface area contributed by atoms with Gasteiger partial charge in [-0.2, -0.15) is 0 Å². The lowest BCUT2D eigenvalue weighted by Crippen LogP contribution is -2.59. The van der Waals surface area contributed by atoms with Gasteiger partial charge in [0.25, 0.3) is 5.69 Å². The normalized spacial score (nSPS) is 20.6. The number of carbonyl (C=O) groups is 2. The Labute approximate surface area is 199 Å². The Morgan fingerprint density at radius 1 is 1.15 bits per heavy atom. The summed E-state index contributed by atoms with van der Waals surface area (Å²) >= 11 is 0. The maximum absolute atomic E-state index is 13.6. The van der Waals surface area contributed by atoms with Gasteiger partial charge in [0.2, 0.25) is 11.8 Å². The number of hydrogen-bond acceptors (Lipinski definition) is 5. The first-order valence-electron chi connectivity index (χ1n) is 11.8. The number of nitrogens with two attached hydrogens (primary N) is 1. The van der Waals surface area contributed by atoms with E-state index in [2.05, 4.69) is 11.4 Å². The molecule has 3 unspecified atom stereocenters. The number of carbonyl (C=O) groups excluding carboxylic acids is 2. The lowest BCUT2D eigenvalue weighted by molar-refractivity contribution is -0.385. The fraction of sp³-hybridized carbons (Fsp3) is 0.462. The monoisotopic (exact) mass is 464 g/mol. The molecule has 1 heterocycles. The molecule has 0 aromatic heterocycles. The summed E-state index contributed by atoms with van der Waals surface area (Å²) in [5, 5.41) is 14.5. The van der Waals surface area contributed by atoms with Crippen LogP contribution in [0.15, 0.2) is 42.5 Å². The Balaban J connectivity index is 1.65. The minimum Gasteiger partial charge on any atom is -0.347 e. The summed E-state index contributed by atoms with van der Waals surface area (Å²) in [5.74, 6) is -0.547. The Kier molecular flexibility index (Phi) is 6.45. The Morgan fingerprint density at radius 2 is 1.88 bits per heavy atom. The fourth-order valence-electron chi connectivity index (χ4n) is 4.87. The number of nitro benzene ring substituents is 1. The number of non-ortho nitro benzene ring substituents is 1. The van der Waals surface area contributed by atoms with Crippen LogP contribution in [0, 0.1) is 15.5 Å². The topological polar surface area (TPSA) is 119 Å². The van der Waals surface area contributed by atoms with Gasteiger partial charge in [0, 0.05) is 25.1 Å². The molecule has 3 N–H and O–H groups in total. The highest BCUT2D eigenvalue weighted by molar-refractivity contribution is 5.91. The van der Waals surface area contributed by atoms with E-state index in [1.54, 1.807) is 6.07 Å². The van der Waals surface area contributed by atoms with Gasteiger partial charge in [0.1, 0.15) is 6.04 Å². The summed E-state index contributed by atoms with van der Waals surface area (Å²) in [6, 6.07) is 11.1. The average Bonchev–Trinajstić information content (AvgIpc) is 2.81. The molecule has 8 nitrogen and oxygen atoms in total. The van der Waals surface area contributed by atoms with Crippen LogP contribution in [0.2, 0.25) is 0 Å². The van der Waals surface area contributed by atoms with E-state index in [1.165, 1.54) is 22.6 Å². The van der Waals surface area contributed by atoms with Crippen molar-refractivity contribution >= 4 is 17.5 Å². The van der Waals surface area contributed by atoms with E-state index in [9.17, 15) is 19.7 Å². The van der Waals surface area contributed by atoms with Gasteiger partial charge in [-0.25, -0.2) is 0 Å². The third-order valence-electron chi connectivity index (χ3n) is 7.00. The van der Waals surface area contributed by atoms with Crippen molar-refractivity contribution in [3.05, 3.63) is 74.8 Å². The Morgan fingerprint density at radius 3 is 2.59 bits per heavy atom. The first-order chi connectivity index (χ1) is 16.1. The number of aryl methyl sites for hydroxylation is 1. The van der Waals surface area contributed by atoms with Crippen molar-refractivity contribution in [3.8, 4) is 0 Å². The van der Waals surface area contributed by atoms with Gasteiger partial charge in [0.05, 0.1) is 17.0 Å². The molecule has 1 aliphatic heterocycles. The van der Waals surface area contributed by atoms with Crippen molar-refractivity contribution < 1.29 is 14.5 Å². The van der Waals surface area contributed by atoms with Crippen molar-refractivity contribution in [3.63, 3.8) is 0 Å². The Bertz CT molecular complexity index is 1120. The van der Waals surface area contributed by atoms with Crippen LogP contribution < -0.4 is 11.1 Å². The van der Waals surface area contributed by atoms with Gasteiger partial charge in [-0.15, -0.1) is 0 Å². The summed E-state index contributed by atoms with van der Waals surface area (Å²) in [4.78, 5) is 39.4. The van der Waals surface area contributed by atoms with Gasteiger partial charge in [-0.05, 0) is 46.9 Å². The second kappa shape index (κ2) is 9.18. The molecule has 180 valence electrons. The summed E-state index contributed by atoms with van der Waals surface area (Å²) in [5.41, 5.74) is 9.65. The number of fused-ring (bicyclic) bond motifs is 2. The molecular formula is C26H32N4O4. The van der Waals surface area contributed by atoms with Gasteiger partial charge in [0.15, 0.2) is 0 Å². The van der Waals surface area contributed by atoms with E-state index in [0.29, 0.717) is 5.56 Å². The van der Waals surface area contributed by atoms with E-state index in [4.69, 9.17) is 5.73 Å². The molecule has 2 aliphatic rings. The number of amides is 2. The van der Waals surface area contributed by atoms with Crippen LogP contribution in [-0.2, 0) is 29.0 Å². The maximum Gasteiger partial charge on any atom is 0.269 e. The molecule has 2 aromatic carbocycles. The number of nitrogens with zero attached hydrogens (tertiary/aromatic N) is 2. The van der Waals surface area contributed by atoms with E-state index in [0.717, 1.165) is 30.4 Å². The lowest BCUT2D eigenvalue weighted by Gasteiger charge is -2.40. The lowest BCUT2D eigenvalue weighted by atomic mass is 9.84. The number of nitrogens with one attached hydrogen (secondary N) is 1. The minimum atomic E-state index is -0.807. The molecule has 34 heavy (non-hydrogen) atoms. The van der Waals surface area contributed by atoms with Gasteiger partial charge < -0.3 is 16.0 Å². The molecule has 0 bridgehead atoms. The second-order valence-corrected chi connectivity index (χ2v) is 10.4. The van der Waals surface area contributed by atoms with Crippen LogP contribution in [0.4, 0.5) is 5.69 Å². The van der Waals surface area contributed by atoms with Crippen molar-refractivity contribution in [2.75, 3.05) is 0 Å². The third kappa shape index (κ3) is 4.68. The molecule has 0 saturated heterocycles. The molecule has 2 amide bonds. The van der Waals surface area contributed by atoms with Crippen molar-refractivity contribution in [1.29, 1.82) is 0 Å².